The van der Waals surface area contributed by atoms with Crippen molar-refractivity contribution in [3.05, 3.63) is 89.3 Å². The third kappa shape index (κ3) is 4.93. The van der Waals surface area contributed by atoms with Crippen molar-refractivity contribution in [2.75, 3.05) is 5.32 Å². The highest BCUT2D eigenvalue weighted by atomic mass is 32.2. The first-order chi connectivity index (χ1) is 16.2. The van der Waals surface area contributed by atoms with Crippen molar-refractivity contribution in [1.82, 2.24) is 9.29 Å². The Morgan fingerprint density at radius 3 is 2.68 bits per heavy atom. The third-order valence-corrected chi connectivity index (χ3v) is 7.07. The lowest BCUT2D eigenvalue weighted by Crippen LogP contribution is -2.40. The van der Waals surface area contributed by atoms with Gasteiger partial charge in [0.25, 0.3) is 5.91 Å². The van der Waals surface area contributed by atoms with E-state index in [4.69, 9.17) is 9.52 Å². The molecule has 2 unspecified atom stereocenters. The van der Waals surface area contributed by atoms with Crippen LogP contribution in [-0.4, -0.2) is 26.8 Å². The van der Waals surface area contributed by atoms with Gasteiger partial charge in [0.2, 0.25) is 0 Å². The summed E-state index contributed by atoms with van der Waals surface area (Å²) in [4.78, 5) is 13.1. The molecule has 0 spiro atoms. The van der Waals surface area contributed by atoms with E-state index in [1.54, 1.807) is 19.2 Å². The fraction of sp³-hybridized carbons (Fsp3) is 0.208. The molecule has 0 aliphatic carbocycles. The zero-order chi connectivity index (χ0) is 24.5. The predicted octanol–water partition coefficient (Wildman–Crippen LogP) is 4.47. The predicted molar refractivity (Wildman–Crippen MR) is 126 cm³/mol. The van der Waals surface area contributed by atoms with Crippen molar-refractivity contribution in [3.8, 4) is 0 Å². The van der Waals surface area contributed by atoms with Gasteiger partial charge in [0.1, 0.15) is 15.6 Å². The molecule has 1 aliphatic rings. The fourth-order valence-corrected chi connectivity index (χ4v) is 5.27. The number of hydrogen-bond acceptors (Lipinski definition) is 4. The Bertz CT molecular complexity index is 1350. The first kappa shape index (κ1) is 23.8. The van der Waals surface area contributed by atoms with Crippen molar-refractivity contribution in [3.63, 3.8) is 0 Å². The number of ether oxygens (including phenoxy) is 1. The monoisotopic (exact) mass is 486 g/mol. The molecule has 3 atom stereocenters. The molecule has 2 heterocycles. The largest absolute Gasteiger partial charge is 0.372 e. The van der Waals surface area contributed by atoms with Gasteiger partial charge in [0.05, 0.1) is 23.6 Å². The lowest BCUT2D eigenvalue weighted by Gasteiger charge is -2.22. The molecule has 1 aliphatic heterocycles. The van der Waals surface area contributed by atoms with Gasteiger partial charge in [-0.15, -0.1) is 0 Å². The molecule has 10 heteroatoms. The zero-order valence-electron chi connectivity index (χ0n) is 18.5. The van der Waals surface area contributed by atoms with E-state index in [-0.39, 0.29) is 16.3 Å². The normalized spacial score (nSPS) is 20.4. The second-order valence-electron chi connectivity index (χ2n) is 8.01. The number of anilines is 1. The van der Waals surface area contributed by atoms with E-state index in [9.17, 15) is 17.8 Å². The number of benzene rings is 2. The van der Waals surface area contributed by atoms with Gasteiger partial charge in [-0.25, -0.2) is 22.5 Å². The summed E-state index contributed by atoms with van der Waals surface area (Å²) < 4.78 is 58.7. The molecule has 0 bridgehead atoms. The standard InChI is InChI=1S/C24H24F2N4O3S/c1-15(33-14-16-6-4-3-5-7-16)21-11-9-18-22(34(27,32)29-21)13-30(2)23(18)24(31)28-17-8-10-19(25)20(26)12-17/h3-13,15,21H,14H2,1-2H3,(H,28,31)(H2,27,29,32)/t15?,21-,34?/m1/s1. The van der Waals surface area contributed by atoms with Crippen LogP contribution in [0.25, 0.3) is 6.08 Å². The van der Waals surface area contributed by atoms with Gasteiger partial charge in [0, 0.05) is 30.6 Å². The molecule has 1 amide bonds. The van der Waals surface area contributed by atoms with Crippen molar-refractivity contribution in [1.29, 1.82) is 4.78 Å². The summed E-state index contributed by atoms with van der Waals surface area (Å²) in [6.07, 6.45) is 4.39. The molecule has 3 N–H and O–H groups in total. The Morgan fingerprint density at radius 2 is 1.97 bits per heavy atom. The second kappa shape index (κ2) is 9.49. The summed E-state index contributed by atoms with van der Waals surface area (Å²) in [7, 11) is -1.89. The topological polar surface area (TPSA) is 96.2 Å². The van der Waals surface area contributed by atoms with Crippen LogP contribution in [0.2, 0.25) is 0 Å². The number of amides is 1. The lowest BCUT2D eigenvalue weighted by molar-refractivity contribution is 0.0425. The Balaban J connectivity index is 1.58. The molecule has 0 fully saturated rings. The molecule has 1 aromatic heterocycles. The maximum absolute atomic E-state index is 13.5. The highest BCUT2D eigenvalue weighted by Crippen LogP contribution is 2.28. The average Bonchev–Trinajstić information content (AvgIpc) is 3.09. The fourth-order valence-electron chi connectivity index (χ4n) is 3.71. The Kier molecular flexibility index (Phi) is 6.65. The van der Waals surface area contributed by atoms with Crippen molar-refractivity contribution in [2.24, 2.45) is 7.05 Å². The van der Waals surface area contributed by atoms with Crippen LogP contribution < -0.4 is 10.0 Å². The van der Waals surface area contributed by atoms with Crippen LogP contribution >= 0.6 is 0 Å². The van der Waals surface area contributed by atoms with E-state index in [0.717, 1.165) is 17.7 Å². The first-order valence-corrected chi connectivity index (χ1v) is 12.1. The van der Waals surface area contributed by atoms with Gasteiger partial charge < -0.3 is 14.6 Å². The summed E-state index contributed by atoms with van der Waals surface area (Å²) in [5.41, 5.74) is 1.50. The highest BCUT2D eigenvalue weighted by molar-refractivity contribution is 7.90. The van der Waals surface area contributed by atoms with Gasteiger partial charge in [-0.1, -0.05) is 42.5 Å². The highest BCUT2D eigenvalue weighted by Gasteiger charge is 2.30. The van der Waals surface area contributed by atoms with E-state index in [1.165, 1.54) is 16.8 Å². The summed E-state index contributed by atoms with van der Waals surface area (Å²) >= 11 is 0. The molecule has 0 saturated carbocycles. The average molecular weight is 487 g/mol. The zero-order valence-corrected chi connectivity index (χ0v) is 19.4. The van der Waals surface area contributed by atoms with Gasteiger partial charge in [-0.3, -0.25) is 4.79 Å². The number of fused-ring (bicyclic) bond motifs is 1. The van der Waals surface area contributed by atoms with Crippen LogP contribution in [0.5, 0.6) is 0 Å². The maximum Gasteiger partial charge on any atom is 0.272 e. The number of nitrogens with zero attached hydrogens (tertiary/aromatic N) is 1. The number of rotatable bonds is 6. The van der Waals surface area contributed by atoms with Gasteiger partial charge in [-0.05, 0) is 24.6 Å². The summed E-state index contributed by atoms with van der Waals surface area (Å²) in [5, 5.41) is 2.52. The van der Waals surface area contributed by atoms with Crippen LogP contribution in [0.15, 0.2) is 65.7 Å². The molecule has 4 rings (SSSR count). The van der Waals surface area contributed by atoms with Crippen LogP contribution in [-0.2, 0) is 28.3 Å². The number of nitrogens with one attached hydrogen (secondary N) is 3. The van der Waals surface area contributed by atoms with Crippen LogP contribution in [0.4, 0.5) is 14.5 Å². The van der Waals surface area contributed by atoms with Crippen molar-refractivity contribution in [2.45, 2.75) is 30.6 Å². The van der Waals surface area contributed by atoms with Gasteiger partial charge in [0.15, 0.2) is 11.6 Å². The Morgan fingerprint density at radius 1 is 1.24 bits per heavy atom. The molecule has 3 aromatic rings. The SMILES string of the molecule is CC(OCc1ccccc1)[C@H]1C=Cc2c(cn(C)c2C(=O)Nc2ccc(F)c(F)c2)S(=N)(=O)N1. The first-order valence-electron chi connectivity index (χ1n) is 10.5. The number of carbonyl (C=O) groups excluding carboxylic acids is 1. The van der Waals surface area contributed by atoms with E-state index in [2.05, 4.69) is 10.0 Å². The Labute approximate surface area is 196 Å². The second-order valence-corrected chi connectivity index (χ2v) is 9.80. The minimum atomic E-state index is -3.48. The number of aryl methyl sites for hydroxylation is 1. The molecule has 7 nitrogen and oxygen atoms in total. The van der Waals surface area contributed by atoms with Crippen molar-refractivity contribution < 1.29 is 22.5 Å². The molecule has 0 radical (unpaired) electrons. The van der Waals surface area contributed by atoms with E-state index in [0.29, 0.717) is 12.2 Å². The van der Waals surface area contributed by atoms with Crippen LogP contribution in [0.3, 0.4) is 0 Å². The molecular weight excluding hydrogens is 462 g/mol. The van der Waals surface area contributed by atoms with E-state index >= 15 is 0 Å². The van der Waals surface area contributed by atoms with Crippen LogP contribution in [0, 0.1) is 16.4 Å². The van der Waals surface area contributed by atoms with Crippen LogP contribution in [0.1, 0.15) is 28.5 Å². The number of halogens is 2. The van der Waals surface area contributed by atoms with E-state index < -0.39 is 39.6 Å². The summed E-state index contributed by atoms with van der Waals surface area (Å²) in [6, 6.07) is 12.1. The molecule has 0 saturated heterocycles. The smallest absolute Gasteiger partial charge is 0.272 e. The number of hydrogen-bond donors (Lipinski definition) is 3. The van der Waals surface area contributed by atoms with E-state index in [1.807, 2.05) is 37.3 Å². The molecule has 178 valence electrons. The number of carbonyl (C=O) groups is 1. The summed E-state index contributed by atoms with van der Waals surface area (Å²) in [5.74, 6) is -2.72. The molecular formula is C24H24F2N4O3S. The molecule has 2 aromatic carbocycles. The quantitative estimate of drug-likeness (QED) is 0.480. The molecule has 34 heavy (non-hydrogen) atoms. The lowest BCUT2D eigenvalue weighted by atomic mass is 10.1. The number of aromatic nitrogens is 1. The summed E-state index contributed by atoms with van der Waals surface area (Å²) in [6.45, 7) is 2.16. The Hall–Kier alpha value is -3.34. The third-order valence-electron chi connectivity index (χ3n) is 5.52. The van der Waals surface area contributed by atoms with Gasteiger partial charge >= 0.3 is 0 Å². The van der Waals surface area contributed by atoms with Gasteiger partial charge in [-0.2, -0.15) is 0 Å². The maximum atomic E-state index is 13.5. The minimum Gasteiger partial charge on any atom is -0.372 e. The minimum absolute atomic E-state index is 0.0713. The van der Waals surface area contributed by atoms with Crippen molar-refractivity contribution >= 4 is 27.6 Å².